The molecule has 0 aliphatic rings. The zero-order valence-electron chi connectivity index (χ0n) is 10.1. The Labute approximate surface area is 105 Å². The molecule has 0 saturated heterocycles. The van der Waals surface area contributed by atoms with E-state index in [9.17, 15) is 9.50 Å². The average molecular weight is 246 g/mol. The van der Waals surface area contributed by atoms with Crippen molar-refractivity contribution in [3.8, 4) is 5.75 Å². The van der Waals surface area contributed by atoms with Crippen molar-refractivity contribution in [2.24, 2.45) is 0 Å². The first kappa shape index (κ1) is 12.4. The Bertz CT molecular complexity index is 513. The van der Waals surface area contributed by atoms with E-state index in [1.807, 2.05) is 19.1 Å². The third-order valence-electron chi connectivity index (χ3n) is 2.60. The predicted octanol–water partition coefficient (Wildman–Crippen LogP) is 2.97. The minimum Gasteiger partial charge on any atom is -0.508 e. The Kier molecular flexibility index (Phi) is 3.77. The van der Waals surface area contributed by atoms with Crippen LogP contribution in [0.2, 0.25) is 0 Å². The van der Waals surface area contributed by atoms with Crippen LogP contribution in [0.1, 0.15) is 12.5 Å². The summed E-state index contributed by atoms with van der Waals surface area (Å²) in [5.41, 5.74) is 1.78. The monoisotopic (exact) mass is 246 g/mol. The van der Waals surface area contributed by atoms with Crippen molar-refractivity contribution in [1.82, 2.24) is 4.98 Å². The Balaban J connectivity index is 1.96. The minimum atomic E-state index is -0.350. The normalized spacial score (nSPS) is 12.1. The van der Waals surface area contributed by atoms with Crippen LogP contribution in [-0.4, -0.2) is 16.1 Å². The molecule has 1 heterocycles. The molecule has 1 aromatic carbocycles. The summed E-state index contributed by atoms with van der Waals surface area (Å²) < 4.78 is 13.0. The lowest BCUT2D eigenvalue weighted by molar-refractivity contribution is 0.475. The van der Waals surface area contributed by atoms with Crippen LogP contribution in [0.15, 0.2) is 42.7 Å². The zero-order chi connectivity index (χ0) is 13.0. The van der Waals surface area contributed by atoms with E-state index in [1.165, 1.54) is 12.3 Å². The molecule has 0 fully saturated rings. The van der Waals surface area contributed by atoms with E-state index in [2.05, 4.69) is 10.3 Å². The van der Waals surface area contributed by atoms with Gasteiger partial charge in [0, 0.05) is 12.1 Å². The van der Waals surface area contributed by atoms with Crippen LogP contribution in [-0.2, 0) is 6.42 Å². The van der Waals surface area contributed by atoms with Crippen LogP contribution in [0.5, 0.6) is 5.75 Å². The summed E-state index contributed by atoms with van der Waals surface area (Å²) in [5, 5.41) is 12.4. The van der Waals surface area contributed by atoms with Gasteiger partial charge < -0.3 is 10.4 Å². The number of hydrogen-bond donors (Lipinski definition) is 2. The first-order chi connectivity index (χ1) is 8.63. The number of nitrogens with one attached hydrogen (secondary N) is 1. The number of aromatic nitrogens is 1. The highest BCUT2D eigenvalue weighted by Gasteiger charge is 2.04. The highest BCUT2D eigenvalue weighted by Crippen LogP contribution is 2.14. The molecule has 0 radical (unpaired) electrons. The molecule has 2 rings (SSSR count). The van der Waals surface area contributed by atoms with E-state index in [1.54, 1.807) is 18.3 Å². The van der Waals surface area contributed by atoms with E-state index in [0.717, 1.165) is 12.0 Å². The fourth-order valence-electron chi connectivity index (χ4n) is 1.81. The third-order valence-corrected chi connectivity index (χ3v) is 2.60. The van der Waals surface area contributed by atoms with Crippen LogP contribution < -0.4 is 5.32 Å². The Hall–Kier alpha value is -2.10. The largest absolute Gasteiger partial charge is 0.508 e. The highest BCUT2D eigenvalue weighted by atomic mass is 19.1. The molecule has 2 N–H and O–H groups in total. The first-order valence-corrected chi connectivity index (χ1v) is 5.78. The van der Waals surface area contributed by atoms with Crippen molar-refractivity contribution in [3.05, 3.63) is 54.1 Å². The summed E-state index contributed by atoms with van der Waals surface area (Å²) in [4.78, 5) is 3.79. The van der Waals surface area contributed by atoms with Crippen molar-refractivity contribution < 1.29 is 9.50 Å². The average Bonchev–Trinajstić information content (AvgIpc) is 2.32. The summed E-state index contributed by atoms with van der Waals surface area (Å²) in [6.45, 7) is 2.01. The van der Waals surface area contributed by atoms with Gasteiger partial charge in [-0.1, -0.05) is 12.1 Å². The summed E-state index contributed by atoms with van der Waals surface area (Å²) >= 11 is 0. The molecular formula is C14H15FN2O. The van der Waals surface area contributed by atoms with E-state index in [-0.39, 0.29) is 17.6 Å². The number of hydrogen-bond acceptors (Lipinski definition) is 3. The zero-order valence-corrected chi connectivity index (χ0v) is 10.1. The van der Waals surface area contributed by atoms with E-state index in [4.69, 9.17) is 0 Å². The molecular weight excluding hydrogens is 231 g/mol. The second-order valence-corrected chi connectivity index (χ2v) is 4.31. The topological polar surface area (TPSA) is 45.1 Å². The molecule has 0 spiro atoms. The van der Waals surface area contributed by atoms with Gasteiger partial charge in [0.25, 0.3) is 0 Å². The molecule has 0 bridgehead atoms. The highest BCUT2D eigenvalue weighted by molar-refractivity contribution is 5.41. The molecule has 0 aliphatic carbocycles. The molecule has 1 atom stereocenters. The van der Waals surface area contributed by atoms with Crippen LogP contribution in [0, 0.1) is 5.82 Å². The summed E-state index contributed by atoms with van der Waals surface area (Å²) in [5.74, 6) is -0.0921. The van der Waals surface area contributed by atoms with Gasteiger partial charge in [0.15, 0.2) is 0 Å². The summed E-state index contributed by atoms with van der Waals surface area (Å²) in [6.07, 6.45) is 3.56. The SMILES string of the molecule is CC(Cc1ccc(O)cc1)Nc1cncc(F)c1. The molecule has 1 aromatic heterocycles. The molecule has 0 amide bonds. The number of pyridine rings is 1. The van der Waals surface area contributed by atoms with Crippen molar-refractivity contribution >= 4 is 5.69 Å². The van der Waals surface area contributed by atoms with Crippen molar-refractivity contribution in [2.45, 2.75) is 19.4 Å². The Morgan fingerprint density at radius 2 is 2.00 bits per heavy atom. The number of phenols is 1. The van der Waals surface area contributed by atoms with Crippen molar-refractivity contribution in [1.29, 1.82) is 0 Å². The minimum absolute atomic E-state index is 0.151. The number of halogens is 1. The molecule has 18 heavy (non-hydrogen) atoms. The summed E-state index contributed by atoms with van der Waals surface area (Å²) in [7, 11) is 0. The smallest absolute Gasteiger partial charge is 0.143 e. The number of benzene rings is 1. The van der Waals surface area contributed by atoms with Gasteiger partial charge in [-0.25, -0.2) is 4.39 Å². The molecule has 1 unspecified atom stereocenters. The maximum absolute atomic E-state index is 13.0. The fourth-order valence-corrected chi connectivity index (χ4v) is 1.81. The maximum Gasteiger partial charge on any atom is 0.143 e. The van der Waals surface area contributed by atoms with Gasteiger partial charge in [-0.3, -0.25) is 4.98 Å². The van der Waals surface area contributed by atoms with Crippen LogP contribution in [0.3, 0.4) is 0 Å². The predicted molar refractivity (Wildman–Crippen MR) is 69.1 cm³/mol. The van der Waals surface area contributed by atoms with E-state index < -0.39 is 0 Å². The molecule has 4 heteroatoms. The van der Waals surface area contributed by atoms with E-state index in [0.29, 0.717) is 5.69 Å². The lowest BCUT2D eigenvalue weighted by Crippen LogP contribution is -2.18. The van der Waals surface area contributed by atoms with Gasteiger partial charge >= 0.3 is 0 Å². The lowest BCUT2D eigenvalue weighted by atomic mass is 10.1. The van der Waals surface area contributed by atoms with E-state index >= 15 is 0 Å². The molecule has 94 valence electrons. The summed E-state index contributed by atoms with van der Waals surface area (Å²) in [6, 6.07) is 8.63. The maximum atomic E-state index is 13.0. The second kappa shape index (κ2) is 5.49. The molecule has 2 aromatic rings. The van der Waals surface area contributed by atoms with Crippen LogP contribution in [0.25, 0.3) is 0 Å². The lowest BCUT2D eigenvalue weighted by Gasteiger charge is -2.15. The van der Waals surface area contributed by atoms with Gasteiger partial charge in [-0.05, 0) is 31.0 Å². The quantitative estimate of drug-likeness (QED) is 0.871. The Morgan fingerprint density at radius 1 is 1.28 bits per heavy atom. The number of phenolic OH excluding ortho intramolecular Hbond substituents is 1. The van der Waals surface area contributed by atoms with Crippen molar-refractivity contribution in [3.63, 3.8) is 0 Å². The fraction of sp³-hybridized carbons (Fsp3) is 0.214. The Morgan fingerprint density at radius 3 is 2.67 bits per heavy atom. The van der Waals surface area contributed by atoms with Gasteiger partial charge in [-0.2, -0.15) is 0 Å². The second-order valence-electron chi connectivity index (χ2n) is 4.31. The standard InChI is InChI=1S/C14H15FN2O/c1-10(6-11-2-4-14(18)5-3-11)17-13-7-12(15)8-16-9-13/h2-5,7-10,17-18H,6H2,1H3. The van der Waals surface area contributed by atoms with Gasteiger partial charge in [-0.15, -0.1) is 0 Å². The van der Waals surface area contributed by atoms with Gasteiger partial charge in [0.2, 0.25) is 0 Å². The third kappa shape index (κ3) is 3.45. The first-order valence-electron chi connectivity index (χ1n) is 5.78. The van der Waals surface area contributed by atoms with Crippen molar-refractivity contribution in [2.75, 3.05) is 5.32 Å². The number of anilines is 1. The number of nitrogens with zero attached hydrogens (tertiary/aromatic N) is 1. The number of aromatic hydroxyl groups is 1. The number of rotatable bonds is 4. The molecule has 0 saturated carbocycles. The van der Waals surface area contributed by atoms with Crippen LogP contribution >= 0.6 is 0 Å². The molecule has 3 nitrogen and oxygen atoms in total. The van der Waals surface area contributed by atoms with Gasteiger partial charge in [0.05, 0.1) is 18.1 Å². The van der Waals surface area contributed by atoms with Crippen LogP contribution in [0.4, 0.5) is 10.1 Å². The molecule has 0 aliphatic heterocycles. The van der Waals surface area contributed by atoms with Gasteiger partial charge in [0.1, 0.15) is 11.6 Å².